The van der Waals surface area contributed by atoms with Gasteiger partial charge in [0, 0.05) is 23.5 Å². The normalized spacial score (nSPS) is 15.3. The largest absolute Gasteiger partial charge is 0.306 e. The number of rotatable bonds is 3. The van der Waals surface area contributed by atoms with Crippen LogP contribution in [0.1, 0.15) is 39.3 Å². The molecule has 8 heteroatoms. The topological polar surface area (TPSA) is 98.3 Å². The van der Waals surface area contributed by atoms with Crippen LogP contribution in [0.3, 0.4) is 0 Å². The standard InChI is InChI=1S/C22H22N4O3S/c1-14-5-2-3-7-18(14)26-19-8-4-6-17(19)21(24-26)22(27)25-12-11-15-9-10-16(13-20(15)25)30(23,28)29/h2-3,5,7,9-10,13H,4,6,8,11-12H2,1H3,(H2,23,28,29). The molecule has 0 fully saturated rings. The Balaban J connectivity index is 1.59. The first-order valence-electron chi connectivity index (χ1n) is 9.99. The summed E-state index contributed by atoms with van der Waals surface area (Å²) in [5.41, 5.74) is 6.16. The molecule has 2 heterocycles. The molecule has 2 aliphatic rings. The van der Waals surface area contributed by atoms with E-state index >= 15 is 0 Å². The maximum absolute atomic E-state index is 13.5. The number of sulfonamides is 1. The van der Waals surface area contributed by atoms with Crippen LogP contribution >= 0.6 is 0 Å². The third kappa shape index (κ3) is 2.95. The number of hydrogen-bond acceptors (Lipinski definition) is 4. The van der Waals surface area contributed by atoms with E-state index in [0.29, 0.717) is 24.3 Å². The molecule has 5 rings (SSSR count). The van der Waals surface area contributed by atoms with E-state index in [1.54, 1.807) is 11.0 Å². The molecule has 2 N–H and O–H groups in total. The zero-order valence-electron chi connectivity index (χ0n) is 16.6. The van der Waals surface area contributed by atoms with Crippen molar-refractivity contribution in [2.75, 3.05) is 11.4 Å². The van der Waals surface area contributed by atoms with Gasteiger partial charge in [0.25, 0.3) is 5.91 Å². The van der Waals surface area contributed by atoms with E-state index in [4.69, 9.17) is 10.2 Å². The first-order valence-corrected chi connectivity index (χ1v) is 11.5. The average Bonchev–Trinajstić information content (AvgIpc) is 3.42. The van der Waals surface area contributed by atoms with E-state index in [1.807, 2.05) is 35.9 Å². The lowest BCUT2D eigenvalue weighted by Crippen LogP contribution is -2.30. The van der Waals surface area contributed by atoms with Gasteiger partial charge in [0.1, 0.15) is 0 Å². The van der Waals surface area contributed by atoms with Crippen LogP contribution in [0.5, 0.6) is 0 Å². The highest BCUT2D eigenvalue weighted by Gasteiger charge is 2.33. The molecule has 0 unspecified atom stereocenters. The number of hydrogen-bond donors (Lipinski definition) is 1. The summed E-state index contributed by atoms with van der Waals surface area (Å²) in [6.45, 7) is 2.53. The first-order chi connectivity index (χ1) is 14.3. The Morgan fingerprint density at radius 1 is 1.07 bits per heavy atom. The summed E-state index contributed by atoms with van der Waals surface area (Å²) >= 11 is 0. The Morgan fingerprint density at radius 2 is 1.87 bits per heavy atom. The number of nitrogens with zero attached hydrogens (tertiary/aromatic N) is 3. The fourth-order valence-corrected chi connectivity index (χ4v) is 5.02. The van der Waals surface area contributed by atoms with Crippen LogP contribution in [-0.4, -0.2) is 30.7 Å². The quantitative estimate of drug-likeness (QED) is 0.701. The molecular formula is C22H22N4O3S. The molecule has 0 atom stereocenters. The Hall–Kier alpha value is -2.97. The predicted molar refractivity (Wildman–Crippen MR) is 114 cm³/mol. The third-order valence-electron chi connectivity index (χ3n) is 6.00. The van der Waals surface area contributed by atoms with E-state index in [-0.39, 0.29) is 10.8 Å². The SMILES string of the molecule is Cc1ccccc1-n1nc(C(=O)N2CCc3ccc(S(N)(=O)=O)cc32)c2c1CCC2. The van der Waals surface area contributed by atoms with Gasteiger partial charge in [-0.2, -0.15) is 5.10 Å². The van der Waals surface area contributed by atoms with E-state index in [9.17, 15) is 13.2 Å². The summed E-state index contributed by atoms with van der Waals surface area (Å²) in [5, 5.41) is 10.0. The summed E-state index contributed by atoms with van der Waals surface area (Å²) in [4.78, 5) is 15.2. The van der Waals surface area contributed by atoms with Crippen LogP contribution in [0.2, 0.25) is 0 Å². The molecule has 1 aliphatic heterocycles. The molecule has 1 amide bonds. The van der Waals surface area contributed by atoms with Crippen LogP contribution in [0, 0.1) is 6.92 Å². The molecule has 0 saturated heterocycles. The van der Waals surface area contributed by atoms with Crippen molar-refractivity contribution in [1.82, 2.24) is 9.78 Å². The van der Waals surface area contributed by atoms with Crippen molar-refractivity contribution in [2.45, 2.75) is 37.5 Å². The maximum atomic E-state index is 13.5. The van der Waals surface area contributed by atoms with Crippen molar-refractivity contribution in [2.24, 2.45) is 5.14 Å². The zero-order valence-corrected chi connectivity index (χ0v) is 17.4. The van der Waals surface area contributed by atoms with Gasteiger partial charge in [-0.3, -0.25) is 4.79 Å². The lowest BCUT2D eigenvalue weighted by Gasteiger charge is -2.17. The van der Waals surface area contributed by atoms with Gasteiger partial charge in [-0.05, 0) is 61.9 Å². The molecule has 1 aliphatic carbocycles. The van der Waals surface area contributed by atoms with Gasteiger partial charge < -0.3 is 4.90 Å². The fraction of sp³-hybridized carbons (Fsp3) is 0.273. The van der Waals surface area contributed by atoms with Gasteiger partial charge in [-0.25, -0.2) is 18.2 Å². The molecule has 0 radical (unpaired) electrons. The molecule has 7 nitrogen and oxygen atoms in total. The number of aryl methyl sites for hydroxylation is 1. The Labute approximate surface area is 175 Å². The van der Waals surface area contributed by atoms with Crippen LogP contribution in [0.25, 0.3) is 5.69 Å². The number of anilines is 1. The Bertz CT molecular complexity index is 1290. The van der Waals surface area contributed by atoms with Crippen molar-refractivity contribution in [3.05, 3.63) is 70.5 Å². The number of primary sulfonamides is 1. The van der Waals surface area contributed by atoms with Gasteiger partial charge in [0.15, 0.2) is 5.69 Å². The summed E-state index contributed by atoms with van der Waals surface area (Å²) in [5.74, 6) is -0.189. The average molecular weight is 423 g/mol. The predicted octanol–water partition coefficient (Wildman–Crippen LogP) is 2.52. The smallest absolute Gasteiger partial charge is 0.279 e. The molecule has 1 aromatic heterocycles. The number of fused-ring (bicyclic) bond motifs is 2. The van der Waals surface area contributed by atoms with Gasteiger partial charge >= 0.3 is 0 Å². The number of aromatic nitrogens is 2. The van der Waals surface area contributed by atoms with Crippen LogP contribution in [0.4, 0.5) is 5.69 Å². The van der Waals surface area contributed by atoms with Gasteiger partial charge in [-0.1, -0.05) is 24.3 Å². The van der Waals surface area contributed by atoms with Crippen molar-refractivity contribution >= 4 is 21.6 Å². The van der Waals surface area contributed by atoms with Gasteiger partial charge in [-0.15, -0.1) is 0 Å². The highest BCUT2D eigenvalue weighted by atomic mass is 32.2. The van der Waals surface area contributed by atoms with Crippen molar-refractivity contribution in [1.29, 1.82) is 0 Å². The van der Waals surface area contributed by atoms with Crippen molar-refractivity contribution in [3.8, 4) is 5.69 Å². The van der Waals surface area contributed by atoms with E-state index < -0.39 is 10.0 Å². The third-order valence-corrected chi connectivity index (χ3v) is 6.91. The second kappa shape index (κ2) is 6.78. The molecule has 0 bridgehead atoms. The summed E-state index contributed by atoms with van der Waals surface area (Å²) < 4.78 is 25.5. The fourth-order valence-electron chi connectivity index (χ4n) is 4.48. The first kappa shape index (κ1) is 19.0. The van der Waals surface area contributed by atoms with E-state index in [1.165, 1.54) is 12.1 Å². The number of carbonyl (C=O) groups is 1. The molecule has 154 valence electrons. The van der Waals surface area contributed by atoms with Crippen molar-refractivity contribution < 1.29 is 13.2 Å². The highest BCUT2D eigenvalue weighted by Crippen LogP contribution is 2.34. The second-order valence-electron chi connectivity index (χ2n) is 7.87. The highest BCUT2D eigenvalue weighted by molar-refractivity contribution is 7.89. The van der Waals surface area contributed by atoms with Crippen molar-refractivity contribution in [3.63, 3.8) is 0 Å². The molecule has 0 saturated carbocycles. The zero-order chi connectivity index (χ0) is 21.0. The minimum atomic E-state index is -3.84. The van der Waals surface area contributed by atoms with Crippen LogP contribution in [-0.2, 0) is 29.3 Å². The Kier molecular flexibility index (Phi) is 4.30. The molecule has 2 aromatic carbocycles. The van der Waals surface area contributed by atoms with Crippen LogP contribution < -0.4 is 10.0 Å². The molecule has 3 aromatic rings. The van der Waals surface area contributed by atoms with Crippen LogP contribution in [0.15, 0.2) is 47.4 Å². The maximum Gasteiger partial charge on any atom is 0.279 e. The van der Waals surface area contributed by atoms with Gasteiger partial charge in [0.2, 0.25) is 10.0 Å². The minimum Gasteiger partial charge on any atom is -0.306 e. The van der Waals surface area contributed by atoms with Gasteiger partial charge in [0.05, 0.1) is 10.6 Å². The lowest BCUT2D eigenvalue weighted by molar-refractivity contribution is 0.0983. The summed E-state index contributed by atoms with van der Waals surface area (Å²) in [6, 6.07) is 12.7. The summed E-state index contributed by atoms with van der Waals surface area (Å²) in [7, 11) is -3.84. The minimum absolute atomic E-state index is 0.0108. The second-order valence-corrected chi connectivity index (χ2v) is 9.43. The number of benzene rings is 2. The number of nitrogens with two attached hydrogens (primary N) is 1. The monoisotopic (exact) mass is 422 g/mol. The molecule has 30 heavy (non-hydrogen) atoms. The number of carbonyl (C=O) groups excluding carboxylic acids is 1. The number of para-hydroxylation sites is 1. The van der Waals surface area contributed by atoms with E-state index in [0.717, 1.165) is 47.3 Å². The van der Waals surface area contributed by atoms with E-state index in [2.05, 4.69) is 0 Å². The molecular weight excluding hydrogens is 400 g/mol. The Morgan fingerprint density at radius 3 is 2.63 bits per heavy atom. The molecule has 0 spiro atoms. The lowest BCUT2D eigenvalue weighted by atomic mass is 10.1. The summed E-state index contributed by atoms with van der Waals surface area (Å²) in [6.07, 6.45) is 3.37. The number of amides is 1.